The Labute approximate surface area is 115 Å². The van der Waals surface area contributed by atoms with Crippen molar-refractivity contribution in [1.82, 2.24) is 5.32 Å². The Morgan fingerprint density at radius 1 is 0.889 bits per heavy atom. The molecule has 1 fully saturated rings. The van der Waals surface area contributed by atoms with Gasteiger partial charge in [0.05, 0.1) is 0 Å². The molecule has 1 rings (SSSR count). The van der Waals surface area contributed by atoms with Gasteiger partial charge in [0.2, 0.25) is 0 Å². The Bertz CT molecular complexity index is 178. The van der Waals surface area contributed by atoms with E-state index in [1.54, 1.807) is 0 Å². The summed E-state index contributed by atoms with van der Waals surface area (Å²) in [6, 6.07) is 0.837. The second-order valence-corrected chi connectivity index (χ2v) is 6.24. The van der Waals surface area contributed by atoms with Gasteiger partial charge in [0.15, 0.2) is 0 Å². The highest BCUT2D eigenvalue weighted by Crippen LogP contribution is 2.28. The molecule has 1 saturated carbocycles. The summed E-state index contributed by atoms with van der Waals surface area (Å²) in [5.41, 5.74) is 0. The standard InChI is InChI=1S/C17H35N/c1-3-5-6-7-8-9-11-16-12-10-13-17(15-16)18-14-4-2/h16-18H,3-15H2,1-2H3. The van der Waals surface area contributed by atoms with E-state index < -0.39 is 0 Å². The summed E-state index contributed by atoms with van der Waals surface area (Å²) >= 11 is 0. The van der Waals surface area contributed by atoms with Gasteiger partial charge in [0.1, 0.15) is 0 Å². The molecular formula is C17H35N. The highest BCUT2D eigenvalue weighted by atomic mass is 14.9. The third-order valence-electron chi connectivity index (χ3n) is 4.43. The SMILES string of the molecule is CCCCCCCCC1CCCC(NCCC)C1. The van der Waals surface area contributed by atoms with Crippen molar-refractivity contribution in [1.29, 1.82) is 0 Å². The lowest BCUT2D eigenvalue weighted by Gasteiger charge is -2.30. The van der Waals surface area contributed by atoms with Gasteiger partial charge in [-0.3, -0.25) is 0 Å². The van der Waals surface area contributed by atoms with Crippen LogP contribution in [-0.4, -0.2) is 12.6 Å². The fourth-order valence-corrected chi connectivity index (χ4v) is 3.30. The van der Waals surface area contributed by atoms with Gasteiger partial charge in [-0.05, 0) is 31.7 Å². The molecule has 0 radical (unpaired) electrons. The number of hydrogen-bond donors (Lipinski definition) is 1. The minimum atomic E-state index is 0.837. The molecule has 2 unspecified atom stereocenters. The number of hydrogen-bond acceptors (Lipinski definition) is 1. The third kappa shape index (κ3) is 7.41. The molecule has 1 aliphatic rings. The van der Waals surface area contributed by atoms with Crippen molar-refractivity contribution in [3.63, 3.8) is 0 Å². The van der Waals surface area contributed by atoms with Crippen molar-refractivity contribution >= 4 is 0 Å². The van der Waals surface area contributed by atoms with Crippen LogP contribution in [0.15, 0.2) is 0 Å². The first-order chi connectivity index (χ1) is 8.86. The first-order valence-electron chi connectivity index (χ1n) is 8.60. The number of unbranched alkanes of at least 4 members (excludes halogenated alkanes) is 5. The normalized spacial score (nSPS) is 24.3. The molecule has 18 heavy (non-hydrogen) atoms. The predicted molar refractivity (Wildman–Crippen MR) is 82.0 cm³/mol. The summed E-state index contributed by atoms with van der Waals surface area (Å²) in [6.45, 7) is 5.78. The molecule has 1 aliphatic carbocycles. The highest BCUT2D eigenvalue weighted by molar-refractivity contribution is 4.77. The zero-order valence-corrected chi connectivity index (χ0v) is 12.8. The van der Waals surface area contributed by atoms with Crippen LogP contribution < -0.4 is 5.32 Å². The molecule has 0 aromatic heterocycles. The second kappa shape index (κ2) is 10.8. The van der Waals surface area contributed by atoms with Gasteiger partial charge < -0.3 is 5.32 Å². The van der Waals surface area contributed by atoms with Crippen LogP contribution in [0.5, 0.6) is 0 Å². The van der Waals surface area contributed by atoms with Crippen molar-refractivity contribution < 1.29 is 0 Å². The van der Waals surface area contributed by atoms with E-state index in [1.165, 1.54) is 83.6 Å². The van der Waals surface area contributed by atoms with Crippen LogP contribution in [0.25, 0.3) is 0 Å². The first-order valence-corrected chi connectivity index (χ1v) is 8.60. The maximum Gasteiger partial charge on any atom is 0.00697 e. The van der Waals surface area contributed by atoms with E-state index in [0.717, 1.165) is 12.0 Å². The van der Waals surface area contributed by atoms with Gasteiger partial charge in [-0.1, -0.05) is 71.6 Å². The summed E-state index contributed by atoms with van der Waals surface area (Å²) in [6.07, 6.45) is 17.3. The molecule has 0 bridgehead atoms. The van der Waals surface area contributed by atoms with Gasteiger partial charge in [0.25, 0.3) is 0 Å². The van der Waals surface area contributed by atoms with Crippen LogP contribution in [0.4, 0.5) is 0 Å². The lowest BCUT2D eigenvalue weighted by molar-refractivity contribution is 0.268. The molecule has 1 nitrogen and oxygen atoms in total. The zero-order valence-electron chi connectivity index (χ0n) is 12.8. The minimum absolute atomic E-state index is 0.837. The number of nitrogens with one attached hydrogen (secondary N) is 1. The lowest BCUT2D eigenvalue weighted by atomic mass is 9.82. The summed E-state index contributed by atoms with van der Waals surface area (Å²) in [4.78, 5) is 0. The van der Waals surface area contributed by atoms with Crippen LogP contribution in [-0.2, 0) is 0 Å². The molecular weight excluding hydrogens is 218 g/mol. The van der Waals surface area contributed by atoms with Crippen LogP contribution in [0.3, 0.4) is 0 Å². The summed E-state index contributed by atoms with van der Waals surface area (Å²) < 4.78 is 0. The fraction of sp³-hybridized carbons (Fsp3) is 1.00. The van der Waals surface area contributed by atoms with E-state index >= 15 is 0 Å². The quantitative estimate of drug-likeness (QED) is 0.521. The molecule has 0 amide bonds. The molecule has 1 N–H and O–H groups in total. The fourth-order valence-electron chi connectivity index (χ4n) is 3.30. The Morgan fingerprint density at radius 3 is 2.44 bits per heavy atom. The Morgan fingerprint density at radius 2 is 1.67 bits per heavy atom. The smallest absolute Gasteiger partial charge is 0.00697 e. The van der Waals surface area contributed by atoms with Gasteiger partial charge >= 0.3 is 0 Å². The Kier molecular flexibility index (Phi) is 9.65. The minimum Gasteiger partial charge on any atom is -0.314 e. The Balaban J connectivity index is 2.00. The van der Waals surface area contributed by atoms with E-state index in [4.69, 9.17) is 0 Å². The van der Waals surface area contributed by atoms with E-state index in [0.29, 0.717) is 0 Å². The van der Waals surface area contributed by atoms with Crippen molar-refractivity contribution in [3.05, 3.63) is 0 Å². The molecule has 0 aliphatic heterocycles. The van der Waals surface area contributed by atoms with Crippen LogP contribution in [0.2, 0.25) is 0 Å². The molecule has 108 valence electrons. The molecule has 0 spiro atoms. The maximum atomic E-state index is 3.72. The van der Waals surface area contributed by atoms with Crippen LogP contribution in [0, 0.1) is 5.92 Å². The van der Waals surface area contributed by atoms with Crippen LogP contribution in [0.1, 0.15) is 90.9 Å². The molecule has 1 heteroatoms. The summed E-state index contributed by atoms with van der Waals surface area (Å²) in [5, 5.41) is 3.72. The van der Waals surface area contributed by atoms with Crippen molar-refractivity contribution in [2.24, 2.45) is 5.92 Å². The van der Waals surface area contributed by atoms with E-state index in [9.17, 15) is 0 Å². The molecule has 0 aromatic rings. The van der Waals surface area contributed by atoms with Gasteiger partial charge in [-0.15, -0.1) is 0 Å². The average molecular weight is 253 g/mol. The van der Waals surface area contributed by atoms with Crippen molar-refractivity contribution in [2.45, 2.75) is 96.9 Å². The number of rotatable bonds is 10. The first kappa shape index (κ1) is 16.0. The molecule has 0 saturated heterocycles. The van der Waals surface area contributed by atoms with E-state index in [2.05, 4.69) is 19.2 Å². The predicted octanol–water partition coefficient (Wildman–Crippen LogP) is 5.30. The lowest BCUT2D eigenvalue weighted by Crippen LogP contribution is -2.34. The van der Waals surface area contributed by atoms with Crippen molar-refractivity contribution in [2.75, 3.05) is 6.54 Å². The highest BCUT2D eigenvalue weighted by Gasteiger charge is 2.20. The van der Waals surface area contributed by atoms with Gasteiger partial charge in [-0.25, -0.2) is 0 Å². The van der Waals surface area contributed by atoms with Gasteiger partial charge in [-0.2, -0.15) is 0 Å². The monoisotopic (exact) mass is 253 g/mol. The Hall–Kier alpha value is -0.0400. The van der Waals surface area contributed by atoms with E-state index in [1.807, 2.05) is 0 Å². The summed E-state index contributed by atoms with van der Waals surface area (Å²) in [7, 11) is 0. The van der Waals surface area contributed by atoms with Crippen molar-refractivity contribution in [3.8, 4) is 0 Å². The zero-order chi connectivity index (χ0) is 13.1. The van der Waals surface area contributed by atoms with E-state index in [-0.39, 0.29) is 0 Å². The largest absolute Gasteiger partial charge is 0.314 e. The topological polar surface area (TPSA) is 12.0 Å². The molecule has 0 heterocycles. The summed E-state index contributed by atoms with van der Waals surface area (Å²) in [5.74, 6) is 1.03. The van der Waals surface area contributed by atoms with Gasteiger partial charge in [0, 0.05) is 6.04 Å². The molecule has 2 atom stereocenters. The second-order valence-electron chi connectivity index (χ2n) is 6.24. The third-order valence-corrected chi connectivity index (χ3v) is 4.43. The van der Waals surface area contributed by atoms with Crippen LogP contribution >= 0.6 is 0 Å². The maximum absolute atomic E-state index is 3.72. The average Bonchev–Trinajstić information content (AvgIpc) is 2.41. The molecule has 0 aromatic carbocycles.